The molecule has 25 heavy (non-hydrogen) atoms. The molecule has 1 aromatic heterocycles. The Bertz CT molecular complexity index is 1040. The maximum absolute atomic E-state index is 13.1. The quantitative estimate of drug-likeness (QED) is 0.701. The molecule has 4 nitrogen and oxygen atoms in total. The van der Waals surface area contributed by atoms with Gasteiger partial charge in [-0.1, -0.05) is 42.8 Å². The fraction of sp³-hybridized carbons (Fsp3) is 0.200. The van der Waals surface area contributed by atoms with E-state index >= 15 is 0 Å². The van der Waals surface area contributed by atoms with Crippen LogP contribution in [-0.2, 0) is 0 Å². The molecular weight excluding hydrogens is 338 g/mol. The van der Waals surface area contributed by atoms with Crippen molar-refractivity contribution in [2.75, 3.05) is 6.54 Å². The van der Waals surface area contributed by atoms with Gasteiger partial charge in [0, 0.05) is 11.6 Å². The van der Waals surface area contributed by atoms with Crippen molar-refractivity contribution < 1.29 is 9.21 Å². The number of hydrogen-bond acceptors (Lipinski definition) is 3. The first-order valence-corrected chi connectivity index (χ1v) is 8.61. The van der Waals surface area contributed by atoms with Crippen molar-refractivity contribution in [1.29, 1.82) is 0 Å². The van der Waals surface area contributed by atoms with E-state index in [-0.39, 0.29) is 17.1 Å². The second kappa shape index (κ2) is 6.05. The summed E-state index contributed by atoms with van der Waals surface area (Å²) in [6.07, 6.45) is 0.782. The molecule has 126 valence electrons. The van der Waals surface area contributed by atoms with Gasteiger partial charge >= 0.3 is 0 Å². The molecule has 4 rings (SSSR count). The molecule has 2 heterocycles. The van der Waals surface area contributed by atoms with Crippen molar-refractivity contribution in [2.45, 2.75) is 19.4 Å². The first-order valence-electron chi connectivity index (χ1n) is 8.24. The van der Waals surface area contributed by atoms with E-state index in [1.165, 1.54) is 0 Å². The van der Waals surface area contributed by atoms with Crippen molar-refractivity contribution in [3.63, 3.8) is 0 Å². The predicted molar refractivity (Wildman–Crippen MR) is 97.1 cm³/mol. The summed E-state index contributed by atoms with van der Waals surface area (Å²) in [5, 5.41) is 1.06. The van der Waals surface area contributed by atoms with E-state index in [1.54, 1.807) is 41.3 Å². The number of fused-ring (bicyclic) bond motifs is 2. The average Bonchev–Trinajstić information content (AvgIpc) is 2.89. The predicted octanol–water partition coefficient (Wildman–Crippen LogP) is 4.40. The Morgan fingerprint density at radius 2 is 1.92 bits per heavy atom. The number of rotatable bonds is 3. The molecule has 1 aliphatic heterocycles. The molecule has 1 atom stereocenters. The lowest BCUT2D eigenvalue weighted by atomic mass is 9.98. The highest BCUT2D eigenvalue weighted by molar-refractivity contribution is 6.30. The minimum Gasteiger partial charge on any atom is -0.450 e. The molecule has 0 saturated carbocycles. The first-order chi connectivity index (χ1) is 12.1. The van der Waals surface area contributed by atoms with E-state index in [9.17, 15) is 9.59 Å². The summed E-state index contributed by atoms with van der Waals surface area (Å²) >= 11 is 6.14. The third-order valence-corrected chi connectivity index (χ3v) is 4.74. The van der Waals surface area contributed by atoms with E-state index in [0.717, 1.165) is 12.0 Å². The van der Waals surface area contributed by atoms with Gasteiger partial charge in [0.15, 0.2) is 5.43 Å². The lowest BCUT2D eigenvalue weighted by molar-refractivity contribution is 0.0728. The highest BCUT2D eigenvalue weighted by Gasteiger charge is 2.42. The van der Waals surface area contributed by atoms with E-state index in [4.69, 9.17) is 16.0 Å². The molecule has 1 amide bonds. The highest BCUT2D eigenvalue weighted by atomic mass is 35.5. The standard InChI is InChI=1S/C20H16ClNO3/c1-2-10-22-17(12-6-5-7-13(21)11-12)16-18(23)14-8-3-4-9-15(14)25-19(16)20(22)24/h3-9,11,17H,2,10H2,1H3/t17-/m1/s1. The Kier molecular flexibility index (Phi) is 3.85. The van der Waals surface area contributed by atoms with Crippen LogP contribution >= 0.6 is 11.6 Å². The minimum absolute atomic E-state index is 0.141. The van der Waals surface area contributed by atoms with Crippen LogP contribution in [0.1, 0.15) is 41.1 Å². The summed E-state index contributed by atoms with van der Waals surface area (Å²) < 4.78 is 5.83. The second-order valence-electron chi connectivity index (χ2n) is 6.13. The molecule has 0 fully saturated rings. The fourth-order valence-electron chi connectivity index (χ4n) is 3.46. The first kappa shape index (κ1) is 15.9. The number of carbonyl (C=O) groups is 1. The Morgan fingerprint density at radius 3 is 2.68 bits per heavy atom. The van der Waals surface area contributed by atoms with Gasteiger partial charge in [0.2, 0.25) is 5.76 Å². The van der Waals surface area contributed by atoms with Gasteiger partial charge in [-0.15, -0.1) is 0 Å². The molecule has 0 spiro atoms. The number of hydrogen-bond donors (Lipinski definition) is 0. The summed E-state index contributed by atoms with van der Waals surface area (Å²) in [7, 11) is 0. The number of nitrogens with zero attached hydrogens (tertiary/aromatic N) is 1. The zero-order valence-corrected chi connectivity index (χ0v) is 14.4. The third-order valence-electron chi connectivity index (χ3n) is 4.50. The van der Waals surface area contributed by atoms with Crippen LogP contribution in [0.15, 0.2) is 57.7 Å². The largest absolute Gasteiger partial charge is 0.450 e. The van der Waals surface area contributed by atoms with Gasteiger partial charge < -0.3 is 9.32 Å². The molecule has 1 aliphatic rings. The van der Waals surface area contributed by atoms with Gasteiger partial charge in [-0.05, 0) is 36.2 Å². The van der Waals surface area contributed by atoms with Crippen molar-refractivity contribution >= 4 is 28.5 Å². The van der Waals surface area contributed by atoms with Crippen LogP contribution in [0.25, 0.3) is 11.0 Å². The summed E-state index contributed by atoms with van der Waals surface area (Å²) in [4.78, 5) is 27.7. The van der Waals surface area contributed by atoms with Crippen LogP contribution in [0.3, 0.4) is 0 Å². The normalized spacial score (nSPS) is 16.5. The maximum Gasteiger partial charge on any atom is 0.290 e. The second-order valence-corrected chi connectivity index (χ2v) is 6.56. The molecule has 3 aromatic rings. The van der Waals surface area contributed by atoms with E-state index in [0.29, 0.717) is 28.1 Å². The SMILES string of the molecule is CCCN1C(=O)c2oc3ccccc3c(=O)c2[C@H]1c1cccc(Cl)c1. The number of benzene rings is 2. The van der Waals surface area contributed by atoms with Gasteiger partial charge in [-0.3, -0.25) is 9.59 Å². The Hall–Kier alpha value is -2.59. The average molecular weight is 354 g/mol. The van der Waals surface area contributed by atoms with Crippen molar-refractivity contribution in [2.24, 2.45) is 0 Å². The lowest BCUT2D eigenvalue weighted by Gasteiger charge is -2.24. The number of halogens is 1. The highest BCUT2D eigenvalue weighted by Crippen LogP contribution is 2.38. The van der Waals surface area contributed by atoms with Gasteiger partial charge in [-0.2, -0.15) is 0 Å². The molecule has 0 radical (unpaired) electrons. The molecule has 0 aliphatic carbocycles. The van der Waals surface area contributed by atoms with Crippen LogP contribution in [0.2, 0.25) is 5.02 Å². The van der Waals surface area contributed by atoms with Gasteiger partial charge in [0.25, 0.3) is 5.91 Å². The van der Waals surface area contributed by atoms with Gasteiger partial charge in [0.05, 0.1) is 17.0 Å². The summed E-state index contributed by atoms with van der Waals surface area (Å²) in [6.45, 7) is 2.53. The lowest BCUT2D eigenvalue weighted by Crippen LogP contribution is -2.30. The number of para-hydroxylation sites is 1. The summed E-state index contributed by atoms with van der Waals surface area (Å²) in [5.74, 6) is -0.105. The molecule has 2 aromatic carbocycles. The molecule has 0 N–H and O–H groups in total. The molecule has 5 heteroatoms. The summed E-state index contributed by atoms with van der Waals surface area (Å²) in [5.41, 5.74) is 1.49. The van der Waals surface area contributed by atoms with Crippen LogP contribution in [0, 0.1) is 0 Å². The maximum atomic E-state index is 13.1. The topological polar surface area (TPSA) is 50.5 Å². The number of carbonyl (C=O) groups excluding carboxylic acids is 1. The van der Waals surface area contributed by atoms with Crippen molar-refractivity contribution in [3.05, 3.63) is 80.7 Å². The zero-order chi connectivity index (χ0) is 17.6. The van der Waals surface area contributed by atoms with Crippen molar-refractivity contribution in [1.82, 2.24) is 4.90 Å². The Morgan fingerprint density at radius 1 is 1.12 bits per heavy atom. The van der Waals surface area contributed by atoms with Crippen LogP contribution in [-0.4, -0.2) is 17.4 Å². The van der Waals surface area contributed by atoms with E-state index in [2.05, 4.69) is 0 Å². The molecule has 0 bridgehead atoms. The van der Waals surface area contributed by atoms with E-state index < -0.39 is 6.04 Å². The fourth-order valence-corrected chi connectivity index (χ4v) is 3.66. The van der Waals surface area contributed by atoms with Gasteiger partial charge in [-0.25, -0.2) is 0 Å². The Labute approximate surface area is 149 Å². The van der Waals surface area contributed by atoms with E-state index in [1.807, 2.05) is 19.1 Å². The number of amides is 1. The summed E-state index contributed by atoms with van der Waals surface area (Å²) in [6, 6.07) is 13.8. The Balaban J connectivity index is 2.02. The smallest absolute Gasteiger partial charge is 0.290 e. The van der Waals surface area contributed by atoms with Crippen LogP contribution in [0.5, 0.6) is 0 Å². The molecule has 0 saturated heterocycles. The third kappa shape index (κ3) is 2.45. The van der Waals surface area contributed by atoms with Crippen molar-refractivity contribution in [3.8, 4) is 0 Å². The van der Waals surface area contributed by atoms with Crippen LogP contribution < -0.4 is 5.43 Å². The van der Waals surface area contributed by atoms with Crippen LogP contribution in [0.4, 0.5) is 0 Å². The zero-order valence-electron chi connectivity index (χ0n) is 13.7. The molecule has 0 unspecified atom stereocenters. The monoisotopic (exact) mass is 353 g/mol. The van der Waals surface area contributed by atoms with Gasteiger partial charge in [0.1, 0.15) is 5.58 Å². The minimum atomic E-state index is -0.470. The molecular formula is C20H16ClNO3.